The van der Waals surface area contributed by atoms with Gasteiger partial charge in [0.15, 0.2) is 0 Å². The molecule has 1 saturated heterocycles. The van der Waals surface area contributed by atoms with Crippen molar-refractivity contribution in [2.24, 2.45) is 0 Å². The number of amides is 1. The lowest BCUT2D eigenvalue weighted by atomic mass is 10.2. The second kappa shape index (κ2) is 6.17. The summed E-state index contributed by atoms with van der Waals surface area (Å²) in [6.07, 6.45) is -0.128. The van der Waals surface area contributed by atoms with Crippen molar-refractivity contribution in [2.45, 2.75) is 26.4 Å². The predicted molar refractivity (Wildman–Crippen MR) is 79.0 cm³/mol. The predicted octanol–water partition coefficient (Wildman–Crippen LogP) is 1.23. The summed E-state index contributed by atoms with van der Waals surface area (Å²) in [4.78, 5) is 30.4. The number of hydrogen-bond donors (Lipinski definition) is 1. The molecular weight excluding hydrogens is 288 g/mol. The summed E-state index contributed by atoms with van der Waals surface area (Å²) >= 11 is 0. The molecule has 0 bridgehead atoms. The lowest BCUT2D eigenvalue weighted by Crippen LogP contribution is -2.50. The quantitative estimate of drug-likeness (QED) is 0.876. The van der Waals surface area contributed by atoms with Crippen LogP contribution in [-0.2, 0) is 4.74 Å². The Kier molecular flexibility index (Phi) is 2.33. The van der Waals surface area contributed by atoms with E-state index in [0.29, 0.717) is 0 Å². The number of carbonyl (C=O) groups excluding carboxylic acids is 1. The number of carboxylic acid groups (broad SMARTS) is 1. The minimum atomic E-state index is -3.46. The van der Waals surface area contributed by atoms with Crippen LogP contribution >= 0.6 is 0 Å². The largest absolute Gasteiger partial charge is 0.478 e. The summed E-state index contributed by atoms with van der Waals surface area (Å²) in [5, 5.41) is 8.93. The van der Waals surface area contributed by atoms with Gasteiger partial charge in [-0.1, -0.05) is 0 Å². The fraction of sp³-hybridized carbons (Fsp3) is 0.571. The standard InChI is InChI=1S/C14H20N4O4/c1-14(2,3)22-13(21)18-6-4-17(5-7-18)12-15-8-10(9-16-12)11(19)20/h8-9H,4-7H2,1-3H3,(H,19,20)/i4D2,5D2,6D2,7D2. The average Bonchev–Trinajstić information content (AvgIpc) is 2.51. The zero-order valence-corrected chi connectivity index (χ0v) is 12.1. The molecule has 0 aromatic carbocycles. The maximum atomic E-state index is 12.6. The summed E-state index contributed by atoms with van der Waals surface area (Å²) in [7, 11) is 0. The number of piperazine rings is 1. The van der Waals surface area contributed by atoms with Gasteiger partial charge in [-0.3, -0.25) is 0 Å². The third kappa shape index (κ3) is 4.06. The normalized spacial score (nSPS) is 30.1. The molecule has 2 rings (SSSR count). The molecule has 8 heteroatoms. The molecule has 0 aliphatic carbocycles. The molecule has 120 valence electrons. The van der Waals surface area contributed by atoms with E-state index in [2.05, 4.69) is 9.97 Å². The molecule has 0 saturated carbocycles. The minimum Gasteiger partial charge on any atom is -0.478 e. The Morgan fingerprint density at radius 2 is 1.77 bits per heavy atom. The van der Waals surface area contributed by atoms with E-state index in [1.54, 1.807) is 0 Å². The SMILES string of the molecule is [2H]C1([2H])N(C(=O)OC(C)(C)C)C([2H])([2H])C([2H])([2H])N(c2ncc(C(=O)O)cn2)C1([2H])[2H]. The molecule has 1 aromatic heterocycles. The molecule has 0 atom stereocenters. The van der Waals surface area contributed by atoms with Gasteiger partial charge in [0.1, 0.15) is 5.60 Å². The summed E-state index contributed by atoms with van der Waals surface area (Å²) in [6.45, 7) is -9.44. The van der Waals surface area contributed by atoms with Crippen molar-refractivity contribution in [3.8, 4) is 0 Å². The minimum absolute atomic E-state index is 0.00645. The molecule has 1 fully saturated rings. The second-order valence-electron chi connectivity index (χ2n) is 5.18. The van der Waals surface area contributed by atoms with Gasteiger partial charge in [-0.25, -0.2) is 19.6 Å². The Morgan fingerprint density at radius 1 is 1.23 bits per heavy atom. The van der Waals surface area contributed by atoms with Crippen molar-refractivity contribution in [3.63, 3.8) is 0 Å². The van der Waals surface area contributed by atoms with Crippen LogP contribution in [0, 0.1) is 0 Å². The molecule has 8 nitrogen and oxygen atoms in total. The zero-order chi connectivity index (χ0) is 23.5. The van der Waals surface area contributed by atoms with Crippen LogP contribution in [0.5, 0.6) is 0 Å². The van der Waals surface area contributed by atoms with Crippen LogP contribution < -0.4 is 4.90 Å². The first kappa shape index (κ1) is 8.30. The monoisotopic (exact) mass is 316 g/mol. The first-order valence-corrected chi connectivity index (χ1v) is 6.17. The average molecular weight is 316 g/mol. The van der Waals surface area contributed by atoms with Gasteiger partial charge in [0.05, 0.1) is 16.5 Å². The molecule has 0 radical (unpaired) electrons. The van der Waals surface area contributed by atoms with Crippen molar-refractivity contribution in [2.75, 3.05) is 30.9 Å². The summed E-state index contributed by atoms with van der Waals surface area (Å²) in [5.74, 6) is -2.22. The summed E-state index contributed by atoms with van der Waals surface area (Å²) in [6, 6.07) is 0. The van der Waals surface area contributed by atoms with Crippen LogP contribution in [0.4, 0.5) is 10.7 Å². The Balaban J connectivity index is 2.67. The van der Waals surface area contributed by atoms with Gasteiger partial charge in [-0.2, -0.15) is 0 Å². The lowest BCUT2D eigenvalue weighted by Gasteiger charge is -2.35. The van der Waals surface area contributed by atoms with E-state index < -0.39 is 55.2 Å². The van der Waals surface area contributed by atoms with Gasteiger partial charge in [-0.15, -0.1) is 0 Å². The number of carboxylic acids is 1. The Morgan fingerprint density at radius 3 is 2.23 bits per heavy atom. The van der Waals surface area contributed by atoms with Crippen LogP contribution in [-0.4, -0.2) is 63.6 Å². The molecule has 1 aromatic rings. The van der Waals surface area contributed by atoms with Crippen molar-refractivity contribution in [1.82, 2.24) is 14.9 Å². The fourth-order valence-corrected chi connectivity index (χ4v) is 1.30. The molecule has 1 aliphatic heterocycles. The number of aromatic carboxylic acids is 1. The molecule has 1 aliphatic rings. The van der Waals surface area contributed by atoms with Crippen molar-refractivity contribution in [1.29, 1.82) is 0 Å². The van der Waals surface area contributed by atoms with E-state index in [1.807, 2.05) is 0 Å². The molecule has 0 spiro atoms. The molecule has 22 heavy (non-hydrogen) atoms. The van der Waals surface area contributed by atoms with Gasteiger partial charge >= 0.3 is 12.1 Å². The van der Waals surface area contributed by atoms with Crippen LogP contribution in [0.3, 0.4) is 0 Å². The highest BCUT2D eigenvalue weighted by atomic mass is 16.6. The molecule has 1 N–H and O–H groups in total. The van der Waals surface area contributed by atoms with E-state index in [1.165, 1.54) is 20.8 Å². The summed E-state index contributed by atoms with van der Waals surface area (Å²) in [5.41, 5.74) is -1.60. The van der Waals surface area contributed by atoms with E-state index in [0.717, 1.165) is 12.4 Å². The first-order chi connectivity index (χ1) is 13.3. The van der Waals surface area contributed by atoms with Crippen LogP contribution in [0.2, 0.25) is 0 Å². The number of rotatable bonds is 2. The van der Waals surface area contributed by atoms with Gasteiger partial charge in [0.2, 0.25) is 5.95 Å². The number of carbonyl (C=O) groups is 2. The number of ether oxygens (including phenoxy) is 1. The van der Waals surface area contributed by atoms with Gasteiger partial charge in [0.25, 0.3) is 0 Å². The smallest absolute Gasteiger partial charge is 0.410 e. The second-order valence-corrected chi connectivity index (χ2v) is 5.18. The topological polar surface area (TPSA) is 95.9 Å². The number of aromatic nitrogens is 2. The van der Waals surface area contributed by atoms with Gasteiger partial charge < -0.3 is 19.6 Å². The first-order valence-electron chi connectivity index (χ1n) is 10.2. The molecule has 0 unspecified atom stereocenters. The van der Waals surface area contributed by atoms with E-state index in [4.69, 9.17) is 20.8 Å². The van der Waals surface area contributed by atoms with E-state index in [-0.39, 0.29) is 9.80 Å². The maximum Gasteiger partial charge on any atom is 0.410 e. The van der Waals surface area contributed by atoms with Crippen LogP contribution in [0.15, 0.2) is 12.4 Å². The third-order valence-electron chi connectivity index (χ3n) is 2.21. The number of anilines is 1. The van der Waals surface area contributed by atoms with Gasteiger partial charge in [0, 0.05) is 38.4 Å². The third-order valence-corrected chi connectivity index (χ3v) is 2.21. The fourth-order valence-electron chi connectivity index (χ4n) is 1.30. The van der Waals surface area contributed by atoms with Crippen molar-refractivity contribution >= 4 is 18.0 Å². The number of nitrogens with zero attached hydrogens (tertiary/aromatic N) is 4. The highest BCUT2D eigenvalue weighted by molar-refractivity contribution is 5.86. The number of hydrogen-bond acceptors (Lipinski definition) is 6. The van der Waals surface area contributed by atoms with Crippen LogP contribution in [0.1, 0.15) is 42.1 Å². The maximum absolute atomic E-state index is 12.6. The Bertz CT molecular complexity index is 828. The molecule has 2 heterocycles. The van der Waals surface area contributed by atoms with E-state index >= 15 is 0 Å². The Labute approximate surface area is 140 Å². The lowest BCUT2D eigenvalue weighted by molar-refractivity contribution is 0.0240. The summed E-state index contributed by atoms with van der Waals surface area (Å²) < 4.78 is 70.5. The van der Waals surface area contributed by atoms with Crippen molar-refractivity contribution < 1.29 is 30.4 Å². The molecule has 1 amide bonds. The van der Waals surface area contributed by atoms with Crippen molar-refractivity contribution in [3.05, 3.63) is 18.0 Å². The van der Waals surface area contributed by atoms with Crippen LogP contribution in [0.25, 0.3) is 0 Å². The Hall–Kier alpha value is -2.38. The highest BCUT2D eigenvalue weighted by Crippen LogP contribution is 2.14. The van der Waals surface area contributed by atoms with E-state index in [9.17, 15) is 9.59 Å². The zero-order valence-electron chi connectivity index (χ0n) is 20.1. The van der Waals surface area contributed by atoms with Gasteiger partial charge in [-0.05, 0) is 20.8 Å². The highest BCUT2D eigenvalue weighted by Gasteiger charge is 2.26. The molecular formula is C14H20N4O4.